The lowest BCUT2D eigenvalue weighted by atomic mass is 10.1. The molecule has 0 spiro atoms. The highest BCUT2D eigenvalue weighted by molar-refractivity contribution is 6.31. The molecule has 8 heteroatoms. The second-order valence-electron chi connectivity index (χ2n) is 7.57. The number of anilines is 1. The van der Waals surface area contributed by atoms with Gasteiger partial charge < -0.3 is 15.0 Å². The van der Waals surface area contributed by atoms with Gasteiger partial charge >= 0.3 is 0 Å². The zero-order chi connectivity index (χ0) is 22.9. The first-order valence-corrected chi connectivity index (χ1v) is 10.7. The molecule has 0 saturated heterocycles. The zero-order valence-electron chi connectivity index (χ0n) is 17.6. The predicted octanol–water partition coefficient (Wildman–Crippen LogP) is 5.31. The third-order valence-electron chi connectivity index (χ3n) is 5.31. The van der Waals surface area contributed by atoms with E-state index in [2.05, 4.69) is 15.4 Å². The van der Waals surface area contributed by atoms with Gasteiger partial charge in [-0.1, -0.05) is 41.9 Å². The van der Waals surface area contributed by atoms with Crippen molar-refractivity contribution in [2.24, 2.45) is 5.10 Å². The van der Waals surface area contributed by atoms with Crippen LogP contribution < -0.4 is 5.32 Å². The number of carbonyl (C=O) groups excluding carboxylic acids is 2. The Hall–Kier alpha value is -4.10. The van der Waals surface area contributed by atoms with Crippen molar-refractivity contribution in [3.63, 3.8) is 0 Å². The molecule has 164 valence electrons. The minimum Gasteiger partial charge on any atom is -0.446 e. The lowest BCUT2D eigenvalue weighted by Gasteiger charge is -2.18. The molecule has 0 saturated carbocycles. The number of para-hydroxylation sites is 1. The zero-order valence-corrected chi connectivity index (χ0v) is 18.3. The van der Waals surface area contributed by atoms with E-state index in [1.165, 1.54) is 11.9 Å². The van der Waals surface area contributed by atoms with Crippen LogP contribution in [-0.4, -0.2) is 27.7 Å². The summed E-state index contributed by atoms with van der Waals surface area (Å²) in [5.41, 5.74) is 3.40. The van der Waals surface area contributed by atoms with Crippen molar-refractivity contribution in [3.05, 3.63) is 101 Å². The average Bonchev–Trinajstić information content (AvgIpc) is 3.44. The minimum atomic E-state index is -0.696. The molecule has 2 heterocycles. The Labute approximate surface area is 194 Å². The van der Waals surface area contributed by atoms with Crippen molar-refractivity contribution in [3.8, 4) is 0 Å². The lowest BCUT2D eigenvalue weighted by molar-refractivity contribution is -0.135. The number of halogens is 1. The molecule has 33 heavy (non-hydrogen) atoms. The molecule has 0 radical (unpaired) electrons. The van der Waals surface area contributed by atoms with E-state index >= 15 is 0 Å². The number of benzene rings is 3. The van der Waals surface area contributed by atoms with E-state index in [0.29, 0.717) is 27.7 Å². The van der Waals surface area contributed by atoms with Crippen LogP contribution in [0.25, 0.3) is 10.9 Å². The number of aromatic nitrogens is 1. The first kappa shape index (κ1) is 20.8. The van der Waals surface area contributed by atoms with Crippen LogP contribution in [0.2, 0.25) is 5.02 Å². The summed E-state index contributed by atoms with van der Waals surface area (Å²) in [6.07, 6.45) is 1.13. The molecule has 4 aromatic rings. The second-order valence-corrected chi connectivity index (χ2v) is 8.01. The van der Waals surface area contributed by atoms with Gasteiger partial charge in [0.15, 0.2) is 0 Å². The Balaban J connectivity index is 1.42. The monoisotopic (exact) mass is 458 g/mol. The fourth-order valence-electron chi connectivity index (χ4n) is 3.75. The van der Waals surface area contributed by atoms with E-state index in [1.54, 1.807) is 42.5 Å². The van der Waals surface area contributed by atoms with Crippen LogP contribution >= 0.6 is 11.6 Å². The first-order valence-electron chi connectivity index (χ1n) is 10.3. The molecule has 1 aliphatic heterocycles. The van der Waals surface area contributed by atoms with Gasteiger partial charge in [0.05, 0.1) is 0 Å². The number of rotatable bonds is 4. The Morgan fingerprint density at radius 1 is 1.06 bits per heavy atom. The van der Waals surface area contributed by atoms with Crippen LogP contribution in [0.3, 0.4) is 0 Å². The Bertz CT molecular complexity index is 1410. The van der Waals surface area contributed by atoms with E-state index in [1.807, 2.05) is 36.5 Å². The number of hydrogen-bond acceptors (Lipinski definition) is 4. The standard InChI is InChI=1S/C25H19ClN4O3/c1-15(31)30-25(21-14-27-22-11-3-2-10-20(21)22)33-24(29-30)17-7-5-9-19(13-17)28-23(32)16-6-4-8-18(26)12-16/h2-14,25,27H,1H3,(H,28,32)/t25-/m0/s1. The van der Waals surface area contributed by atoms with Crippen molar-refractivity contribution in [1.82, 2.24) is 9.99 Å². The van der Waals surface area contributed by atoms with Gasteiger partial charge in [-0.3, -0.25) is 9.59 Å². The third-order valence-corrected chi connectivity index (χ3v) is 5.54. The number of hydrogen-bond donors (Lipinski definition) is 2. The predicted molar refractivity (Wildman–Crippen MR) is 127 cm³/mol. The average molecular weight is 459 g/mol. The summed E-state index contributed by atoms with van der Waals surface area (Å²) in [5, 5.41) is 10.0. The number of amides is 2. The molecule has 7 nitrogen and oxygen atoms in total. The summed E-state index contributed by atoms with van der Waals surface area (Å²) in [6.45, 7) is 1.44. The molecule has 0 aliphatic carbocycles. The summed E-state index contributed by atoms with van der Waals surface area (Å²) in [6, 6.07) is 21.6. The summed E-state index contributed by atoms with van der Waals surface area (Å²) in [5.74, 6) is -0.240. The quantitative estimate of drug-likeness (QED) is 0.434. The SMILES string of the molecule is CC(=O)N1N=C(c2cccc(NC(=O)c3cccc(Cl)c3)c2)O[C@H]1c1c[nH]c2ccccc12. The molecule has 3 aromatic carbocycles. The maximum atomic E-state index is 12.6. The van der Waals surface area contributed by atoms with Crippen molar-refractivity contribution < 1.29 is 14.3 Å². The summed E-state index contributed by atoms with van der Waals surface area (Å²) >= 11 is 5.99. The number of fused-ring (bicyclic) bond motifs is 1. The third kappa shape index (κ3) is 4.06. The van der Waals surface area contributed by atoms with Gasteiger partial charge in [-0.2, -0.15) is 5.01 Å². The highest BCUT2D eigenvalue weighted by Gasteiger charge is 2.34. The van der Waals surface area contributed by atoms with E-state index in [4.69, 9.17) is 16.3 Å². The Morgan fingerprint density at radius 2 is 1.88 bits per heavy atom. The van der Waals surface area contributed by atoms with Gasteiger partial charge in [0, 0.05) is 51.4 Å². The van der Waals surface area contributed by atoms with Gasteiger partial charge in [-0.25, -0.2) is 0 Å². The number of hydrazone groups is 1. The van der Waals surface area contributed by atoms with Gasteiger partial charge in [0.2, 0.25) is 18.0 Å². The van der Waals surface area contributed by atoms with Crippen molar-refractivity contribution >= 4 is 45.9 Å². The molecule has 5 rings (SSSR count). The van der Waals surface area contributed by atoms with Gasteiger partial charge in [-0.05, 0) is 42.5 Å². The van der Waals surface area contributed by atoms with Crippen molar-refractivity contribution in [2.45, 2.75) is 13.2 Å². The molecule has 2 amide bonds. The molecule has 0 unspecified atom stereocenters. The number of aromatic amines is 1. The molecule has 1 atom stereocenters. The maximum Gasteiger partial charge on any atom is 0.255 e. The fourth-order valence-corrected chi connectivity index (χ4v) is 3.94. The smallest absolute Gasteiger partial charge is 0.255 e. The summed E-state index contributed by atoms with van der Waals surface area (Å²) < 4.78 is 6.14. The fraction of sp³-hybridized carbons (Fsp3) is 0.0800. The minimum absolute atomic E-state index is 0.245. The van der Waals surface area contributed by atoms with Crippen LogP contribution in [0, 0.1) is 0 Å². The van der Waals surface area contributed by atoms with Crippen molar-refractivity contribution in [1.29, 1.82) is 0 Å². The van der Waals surface area contributed by atoms with Crippen LogP contribution in [0.15, 0.2) is 84.1 Å². The van der Waals surface area contributed by atoms with Gasteiger partial charge in [0.25, 0.3) is 5.91 Å². The number of ether oxygens (including phenoxy) is 1. The van der Waals surface area contributed by atoms with Crippen LogP contribution in [0.5, 0.6) is 0 Å². The van der Waals surface area contributed by atoms with Crippen LogP contribution in [-0.2, 0) is 9.53 Å². The topological polar surface area (TPSA) is 86.8 Å². The second kappa shape index (κ2) is 8.44. The van der Waals surface area contributed by atoms with Crippen LogP contribution in [0.4, 0.5) is 5.69 Å². The van der Waals surface area contributed by atoms with E-state index in [9.17, 15) is 9.59 Å². The Morgan fingerprint density at radius 3 is 2.70 bits per heavy atom. The molecule has 1 aromatic heterocycles. The summed E-state index contributed by atoms with van der Waals surface area (Å²) in [7, 11) is 0. The van der Waals surface area contributed by atoms with Gasteiger partial charge in [0.1, 0.15) is 0 Å². The largest absolute Gasteiger partial charge is 0.446 e. The van der Waals surface area contributed by atoms with E-state index in [0.717, 1.165) is 16.5 Å². The highest BCUT2D eigenvalue weighted by Crippen LogP contribution is 2.34. The van der Waals surface area contributed by atoms with Crippen LogP contribution in [0.1, 0.15) is 34.6 Å². The Kier molecular flexibility index (Phi) is 5.32. The van der Waals surface area contributed by atoms with Gasteiger partial charge in [-0.15, -0.1) is 5.10 Å². The molecule has 1 aliphatic rings. The highest BCUT2D eigenvalue weighted by atomic mass is 35.5. The molecule has 2 N–H and O–H groups in total. The molecule has 0 fully saturated rings. The number of nitrogens with zero attached hydrogens (tertiary/aromatic N) is 2. The maximum absolute atomic E-state index is 12.6. The molecular weight excluding hydrogens is 440 g/mol. The van der Waals surface area contributed by atoms with E-state index in [-0.39, 0.29) is 11.8 Å². The number of nitrogens with one attached hydrogen (secondary N) is 2. The van der Waals surface area contributed by atoms with E-state index < -0.39 is 6.23 Å². The van der Waals surface area contributed by atoms with Crippen molar-refractivity contribution in [2.75, 3.05) is 5.32 Å². The first-order chi connectivity index (χ1) is 16.0. The summed E-state index contributed by atoms with van der Waals surface area (Å²) in [4.78, 5) is 28.1. The number of carbonyl (C=O) groups is 2. The number of H-pyrrole nitrogens is 1. The lowest BCUT2D eigenvalue weighted by Crippen LogP contribution is -2.25. The molecule has 0 bridgehead atoms. The normalized spacial score (nSPS) is 15.3. The molecular formula is C25H19ClN4O3.